The normalized spacial score (nSPS) is 21.8. The summed E-state index contributed by atoms with van der Waals surface area (Å²) in [6.07, 6.45) is 5.77. The standard InChI is InChI=1S/C22H27ClN4O4S/c1-3-27-21(24-25-26-27)32-19-17(28)13-22(31-20(19)29,15-6-4-5-7-15)11-10-14-8-9-18(30-2)16(23)12-14/h8-9,12,15,28H,3-7,10-11,13H2,1-2H3. The molecule has 2 aliphatic rings. The molecule has 1 aromatic heterocycles. The number of esters is 1. The van der Waals surface area contributed by atoms with Gasteiger partial charge >= 0.3 is 5.97 Å². The van der Waals surface area contributed by atoms with Crippen molar-refractivity contribution in [3.05, 3.63) is 39.4 Å². The van der Waals surface area contributed by atoms with E-state index >= 15 is 0 Å². The van der Waals surface area contributed by atoms with Gasteiger partial charge in [-0.25, -0.2) is 9.48 Å². The Kier molecular flexibility index (Phi) is 6.95. The molecule has 0 bridgehead atoms. The van der Waals surface area contributed by atoms with Crippen molar-refractivity contribution < 1.29 is 19.4 Å². The number of hydrogen-bond donors (Lipinski definition) is 1. The Morgan fingerprint density at radius 3 is 2.81 bits per heavy atom. The second-order valence-electron chi connectivity index (χ2n) is 8.24. The van der Waals surface area contributed by atoms with E-state index in [0.29, 0.717) is 41.7 Å². The van der Waals surface area contributed by atoms with Crippen LogP contribution in [0.15, 0.2) is 34.0 Å². The summed E-state index contributed by atoms with van der Waals surface area (Å²) < 4.78 is 13.0. The van der Waals surface area contributed by atoms with Gasteiger partial charge in [0.05, 0.1) is 12.1 Å². The number of aliphatic hydroxyl groups excluding tert-OH is 1. The molecule has 1 unspecified atom stereocenters. The molecule has 1 saturated carbocycles. The summed E-state index contributed by atoms with van der Waals surface area (Å²) in [5.74, 6) is 0.386. The second-order valence-corrected chi connectivity index (χ2v) is 9.62. The van der Waals surface area contributed by atoms with Crippen LogP contribution in [0.2, 0.25) is 5.02 Å². The third kappa shape index (κ3) is 4.59. The van der Waals surface area contributed by atoms with E-state index in [2.05, 4.69) is 15.5 Å². The van der Waals surface area contributed by atoms with Crippen molar-refractivity contribution in [2.75, 3.05) is 7.11 Å². The Balaban J connectivity index is 1.57. The molecule has 172 valence electrons. The summed E-state index contributed by atoms with van der Waals surface area (Å²) in [6, 6.07) is 5.70. The first kappa shape index (κ1) is 22.9. The number of benzene rings is 1. The zero-order chi connectivity index (χ0) is 22.7. The van der Waals surface area contributed by atoms with Crippen molar-refractivity contribution in [3.63, 3.8) is 0 Å². The molecular weight excluding hydrogens is 452 g/mol. The van der Waals surface area contributed by atoms with Gasteiger partial charge in [-0.2, -0.15) is 0 Å². The van der Waals surface area contributed by atoms with Gasteiger partial charge in [-0.05, 0) is 78.4 Å². The molecule has 4 rings (SSSR count). The highest BCUT2D eigenvalue weighted by atomic mass is 35.5. The maximum Gasteiger partial charge on any atom is 0.349 e. The quantitative estimate of drug-likeness (QED) is 0.544. The van der Waals surface area contributed by atoms with Gasteiger partial charge in [0.25, 0.3) is 0 Å². The number of nitrogens with zero attached hydrogens (tertiary/aromatic N) is 4. The van der Waals surface area contributed by atoms with Crippen molar-refractivity contribution in [1.29, 1.82) is 0 Å². The number of rotatable bonds is 8. The third-order valence-electron chi connectivity index (χ3n) is 6.35. The van der Waals surface area contributed by atoms with Crippen molar-refractivity contribution in [3.8, 4) is 5.75 Å². The average Bonchev–Trinajstić information content (AvgIpc) is 3.47. The molecule has 1 aliphatic heterocycles. The van der Waals surface area contributed by atoms with Gasteiger partial charge in [0.1, 0.15) is 22.0 Å². The number of hydrogen-bond acceptors (Lipinski definition) is 8. The van der Waals surface area contributed by atoms with Crippen LogP contribution in [0.4, 0.5) is 0 Å². The van der Waals surface area contributed by atoms with E-state index in [4.69, 9.17) is 21.1 Å². The molecule has 1 fully saturated rings. The van der Waals surface area contributed by atoms with Crippen LogP contribution in [-0.4, -0.2) is 44.0 Å². The maximum atomic E-state index is 13.1. The third-order valence-corrected chi connectivity index (χ3v) is 7.73. The number of aliphatic hydroxyl groups is 1. The molecule has 8 nitrogen and oxygen atoms in total. The zero-order valence-corrected chi connectivity index (χ0v) is 19.8. The molecule has 32 heavy (non-hydrogen) atoms. The fraction of sp³-hybridized carbons (Fsp3) is 0.545. The molecular formula is C22H27ClN4O4S. The topological polar surface area (TPSA) is 99.4 Å². The highest BCUT2D eigenvalue weighted by Crippen LogP contribution is 2.47. The van der Waals surface area contributed by atoms with E-state index in [9.17, 15) is 9.90 Å². The lowest BCUT2D eigenvalue weighted by atomic mass is 9.77. The number of aromatic nitrogens is 4. The van der Waals surface area contributed by atoms with Gasteiger partial charge in [0.2, 0.25) is 5.16 Å². The lowest BCUT2D eigenvalue weighted by Gasteiger charge is -2.41. The van der Waals surface area contributed by atoms with Crippen LogP contribution in [0, 0.1) is 5.92 Å². The smallest absolute Gasteiger partial charge is 0.349 e. The summed E-state index contributed by atoms with van der Waals surface area (Å²) >= 11 is 7.34. The maximum absolute atomic E-state index is 13.1. The largest absolute Gasteiger partial charge is 0.511 e. The first-order valence-corrected chi connectivity index (χ1v) is 12.1. The Morgan fingerprint density at radius 2 is 2.16 bits per heavy atom. The summed E-state index contributed by atoms with van der Waals surface area (Å²) in [5.41, 5.74) is 0.306. The molecule has 1 atom stereocenters. The molecule has 0 saturated heterocycles. The average molecular weight is 479 g/mol. The highest BCUT2D eigenvalue weighted by molar-refractivity contribution is 8.03. The van der Waals surface area contributed by atoms with E-state index in [1.165, 1.54) is 0 Å². The van der Waals surface area contributed by atoms with E-state index in [0.717, 1.165) is 43.0 Å². The molecule has 2 heterocycles. The zero-order valence-electron chi connectivity index (χ0n) is 18.2. The first-order chi connectivity index (χ1) is 15.5. The molecule has 0 spiro atoms. The van der Waals surface area contributed by atoms with Crippen LogP contribution in [0.3, 0.4) is 0 Å². The van der Waals surface area contributed by atoms with Crippen LogP contribution in [-0.2, 0) is 22.5 Å². The van der Waals surface area contributed by atoms with Crippen LogP contribution in [0.5, 0.6) is 5.75 Å². The molecule has 1 N–H and O–H groups in total. The Labute approximate surface area is 196 Å². The van der Waals surface area contributed by atoms with Crippen molar-refractivity contribution >= 4 is 29.3 Å². The summed E-state index contributed by atoms with van der Waals surface area (Å²) in [7, 11) is 1.58. The number of tetrazole rings is 1. The molecule has 0 amide bonds. The summed E-state index contributed by atoms with van der Waals surface area (Å²) in [4.78, 5) is 13.2. The highest BCUT2D eigenvalue weighted by Gasteiger charge is 2.48. The summed E-state index contributed by atoms with van der Waals surface area (Å²) in [5, 5.41) is 23.4. The van der Waals surface area contributed by atoms with Gasteiger partial charge in [0.15, 0.2) is 0 Å². The Morgan fingerprint density at radius 1 is 1.38 bits per heavy atom. The van der Waals surface area contributed by atoms with Crippen molar-refractivity contribution in [1.82, 2.24) is 20.2 Å². The molecule has 0 radical (unpaired) electrons. The SMILES string of the molecule is CCn1nnnc1SC1=C(O)CC(CCc2ccc(OC)c(Cl)c2)(C2CCCC2)OC1=O. The summed E-state index contributed by atoms with van der Waals surface area (Å²) in [6.45, 7) is 2.47. The van der Waals surface area contributed by atoms with Gasteiger partial charge in [0, 0.05) is 13.0 Å². The minimum Gasteiger partial charge on any atom is -0.511 e. The van der Waals surface area contributed by atoms with Crippen molar-refractivity contribution in [2.45, 2.75) is 69.2 Å². The van der Waals surface area contributed by atoms with E-state index in [1.54, 1.807) is 11.8 Å². The first-order valence-electron chi connectivity index (χ1n) is 10.9. The molecule has 1 aliphatic carbocycles. The van der Waals surface area contributed by atoms with Crippen LogP contribution >= 0.6 is 23.4 Å². The predicted molar refractivity (Wildman–Crippen MR) is 121 cm³/mol. The Hall–Kier alpha value is -2.26. The van der Waals surface area contributed by atoms with Gasteiger partial charge in [-0.1, -0.05) is 30.5 Å². The van der Waals surface area contributed by atoms with E-state index in [1.807, 2.05) is 25.1 Å². The fourth-order valence-corrected chi connectivity index (χ4v) is 5.78. The molecule has 2 aromatic rings. The minimum absolute atomic E-state index is 0.0524. The monoisotopic (exact) mass is 478 g/mol. The van der Waals surface area contributed by atoms with Crippen LogP contribution in [0.25, 0.3) is 0 Å². The second kappa shape index (κ2) is 9.70. The van der Waals surface area contributed by atoms with Gasteiger partial charge < -0.3 is 14.6 Å². The minimum atomic E-state index is -0.731. The van der Waals surface area contributed by atoms with Crippen molar-refractivity contribution in [2.24, 2.45) is 5.92 Å². The van der Waals surface area contributed by atoms with E-state index in [-0.39, 0.29) is 16.6 Å². The van der Waals surface area contributed by atoms with Gasteiger partial charge in [-0.3, -0.25) is 0 Å². The number of cyclic esters (lactones) is 1. The number of halogens is 1. The number of carbonyl (C=O) groups excluding carboxylic acids is 1. The number of carbonyl (C=O) groups is 1. The number of ether oxygens (including phenoxy) is 2. The predicted octanol–water partition coefficient (Wildman–Crippen LogP) is 4.73. The van der Waals surface area contributed by atoms with E-state index < -0.39 is 11.6 Å². The lowest BCUT2D eigenvalue weighted by molar-refractivity contribution is -0.166. The number of methoxy groups -OCH3 is 1. The number of thioether (sulfide) groups is 1. The van der Waals surface area contributed by atoms with Gasteiger partial charge in [-0.15, -0.1) is 5.10 Å². The number of aryl methyl sites for hydroxylation is 2. The fourth-order valence-electron chi connectivity index (χ4n) is 4.65. The van der Waals surface area contributed by atoms with Crippen LogP contribution in [0.1, 0.15) is 51.0 Å². The molecule has 10 heteroatoms. The van der Waals surface area contributed by atoms with Crippen LogP contribution < -0.4 is 4.74 Å². The molecule has 1 aromatic carbocycles. The lowest BCUT2D eigenvalue weighted by Crippen LogP contribution is -2.45. The Bertz CT molecular complexity index is 1020.